The van der Waals surface area contributed by atoms with Crippen LogP contribution >= 0.6 is 0 Å². The minimum absolute atomic E-state index is 0.373. The molecule has 3 unspecified atom stereocenters. The summed E-state index contributed by atoms with van der Waals surface area (Å²) in [6, 6.07) is 10.4. The van der Waals surface area contributed by atoms with Crippen molar-refractivity contribution in [1.82, 2.24) is 0 Å². The molecule has 1 saturated carbocycles. The summed E-state index contributed by atoms with van der Waals surface area (Å²) in [6.45, 7) is 0. The van der Waals surface area contributed by atoms with Gasteiger partial charge in [0.05, 0.1) is 5.60 Å². The highest BCUT2D eigenvalue weighted by Gasteiger charge is 2.43. The third kappa shape index (κ3) is 1.69. The van der Waals surface area contributed by atoms with E-state index in [4.69, 9.17) is 0 Å². The number of benzene rings is 1. The van der Waals surface area contributed by atoms with Crippen LogP contribution in [0.2, 0.25) is 0 Å². The second-order valence-electron chi connectivity index (χ2n) is 5.30. The number of allylic oxidation sites excluding steroid dienone is 1. The molecule has 0 spiro atoms. The van der Waals surface area contributed by atoms with Crippen LogP contribution in [0.15, 0.2) is 42.5 Å². The lowest BCUT2D eigenvalue weighted by Crippen LogP contribution is -2.46. The summed E-state index contributed by atoms with van der Waals surface area (Å²) in [5.41, 5.74) is 0.768. The van der Waals surface area contributed by atoms with Crippen molar-refractivity contribution < 1.29 is 5.11 Å². The third-order valence-corrected chi connectivity index (χ3v) is 4.12. The Hall–Kier alpha value is -1.08. The predicted octanol–water partition coefficient (Wildman–Crippen LogP) is 2.95. The van der Waals surface area contributed by atoms with Crippen LogP contribution in [0.4, 0.5) is 0 Å². The van der Waals surface area contributed by atoms with E-state index in [0.29, 0.717) is 11.8 Å². The van der Waals surface area contributed by atoms with Gasteiger partial charge in [-0.25, -0.2) is 0 Å². The molecule has 3 aliphatic carbocycles. The molecule has 1 fully saturated rings. The lowest BCUT2D eigenvalue weighted by molar-refractivity contribution is -0.0486. The van der Waals surface area contributed by atoms with Gasteiger partial charge in [0.2, 0.25) is 0 Å². The number of hydrogen-bond donors (Lipinski definition) is 1. The van der Waals surface area contributed by atoms with Crippen LogP contribution in [0.3, 0.4) is 0 Å². The first kappa shape index (κ1) is 10.1. The van der Waals surface area contributed by atoms with E-state index in [1.807, 2.05) is 6.07 Å². The van der Waals surface area contributed by atoms with E-state index in [1.165, 1.54) is 12.0 Å². The molecule has 1 aromatic rings. The maximum absolute atomic E-state index is 10.8. The maximum atomic E-state index is 10.8. The van der Waals surface area contributed by atoms with Crippen molar-refractivity contribution in [2.45, 2.75) is 31.3 Å². The maximum Gasteiger partial charge on any atom is 0.0755 e. The molecule has 3 aliphatic rings. The number of fused-ring (bicyclic) bond motifs is 2. The Kier molecular flexibility index (Phi) is 2.36. The second kappa shape index (κ2) is 3.74. The molecule has 0 heterocycles. The van der Waals surface area contributed by atoms with Gasteiger partial charge < -0.3 is 5.11 Å². The first-order valence-corrected chi connectivity index (χ1v) is 6.21. The smallest absolute Gasteiger partial charge is 0.0755 e. The van der Waals surface area contributed by atoms with Gasteiger partial charge in [-0.1, -0.05) is 42.5 Å². The van der Waals surface area contributed by atoms with E-state index in [2.05, 4.69) is 36.4 Å². The molecule has 0 amide bonds. The fraction of sp³-hybridized carbons (Fsp3) is 0.467. The van der Waals surface area contributed by atoms with Crippen LogP contribution in [0, 0.1) is 11.8 Å². The Balaban J connectivity index is 1.82. The molecule has 0 aliphatic heterocycles. The van der Waals surface area contributed by atoms with Crippen molar-refractivity contribution >= 4 is 0 Å². The molecule has 84 valence electrons. The van der Waals surface area contributed by atoms with Crippen molar-refractivity contribution in [3.05, 3.63) is 48.0 Å². The minimum atomic E-state index is -0.487. The van der Waals surface area contributed by atoms with Gasteiger partial charge in [-0.3, -0.25) is 0 Å². The Morgan fingerprint density at radius 3 is 2.50 bits per heavy atom. The van der Waals surface area contributed by atoms with Crippen LogP contribution in [0.5, 0.6) is 0 Å². The molecule has 1 nitrogen and oxygen atoms in total. The van der Waals surface area contributed by atoms with E-state index in [0.717, 1.165) is 19.3 Å². The zero-order valence-corrected chi connectivity index (χ0v) is 9.47. The van der Waals surface area contributed by atoms with Gasteiger partial charge in [-0.15, -0.1) is 0 Å². The van der Waals surface area contributed by atoms with Crippen LogP contribution < -0.4 is 0 Å². The predicted molar refractivity (Wildman–Crippen MR) is 65.1 cm³/mol. The fourth-order valence-corrected chi connectivity index (χ4v) is 3.25. The molecule has 3 atom stereocenters. The van der Waals surface area contributed by atoms with Crippen LogP contribution in [0.1, 0.15) is 24.8 Å². The summed E-state index contributed by atoms with van der Waals surface area (Å²) < 4.78 is 0. The molecular formula is C15H18O. The molecule has 0 saturated heterocycles. The third-order valence-electron chi connectivity index (χ3n) is 4.12. The summed E-state index contributed by atoms with van der Waals surface area (Å²) in [6.07, 6.45) is 8.71. The summed E-state index contributed by atoms with van der Waals surface area (Å²) in [7, 11) is 0. The summed E-state index contributed by atoms with van der Waals surface area (Å²) in [5.74, 6) is 0.983. The van der Waals surface area contributed by atoms with Gasteiger partial charge in [-0.05, 0) is 30.7 Å². The lowest BCUT2D eigenvalue weighted by Gasteiger charge is -2.45. The Morgan fingerprint density at radius 2 is 1.94 bits per heavy atom. The number of aliphatic hydroxyl groups is 1. The second-order valence-corrected chi connectivity index (χ2v) is 5.30. The van der Waals surface area contributed by atoms with Gasteiger partial charge >= 0.3 is 0 Å². The van der Waals surface area contributed by atoms with Gasteiger partial charge in [-0.2, -0.15) is 0 Å². The van der Waals surface area contributed by atoms with Crippen molar-refractivity contribution in [1.29, 1.82) is 0 Å². The SMILES string of the molecule is OC1(Cc2ccccc2)CC2C=CC1CC2. The van der Waals surface area contributed by atoms with Crippen molar-refractivity contribution in [3.8, 4) is 0 Å². The minimum Gasteiger partial charge on any atom is -0.389 e. The monoisotopic (exact) mass is 214 g/mol. The van der Waals surface area contributed by atoms with Crippen LogP contribution in [0.25, 0.3) is 0 Å². The molecular weight excluding hydrogens is 196 g/mol. The van der Waals surface area contributed by atoms with Crippen LogP contribution in [-0.2, 0) is 6.42 Å². The summed E-state index contributed by atoms with van der Waals surface area (Å²) in [5, 5.41) is 10.8. The highest BCUT2D eigenvalue weighted by Crippen LogP contribution is 2.44. The molecule has 4 rings (SSSR count). The van der Waals surface area contributed by atoms with E-state index < -0.39 is 5.60 Å². The molecule has 0 aromatic heterocycles. The quantitative estimate of drug-likeness (QED) is 0.750. The van der Waals surface area contributed by atoms with Gasteiger partial charge in [0, 0.05) is 12.3 Å². The topological polar surface area (TPSA) is 20.2 Å². The number of rotatable bonds is 2. The first-order valence-electron chi connectivity index (χ1n) is 6.21. The van der Waals surface area contributed by atoms with E-state index in [9.17, 15) is 5.11 Å². The van der Waals surface area contributed by atoms with Crippen molar-refractivity contribution in [2.75, 3.05) is 0 Å². The summed E-state index contributed by atoms with van der Waals surface area (Å²) in [4.78, 5) is 0. The average Bonchev–Trinajstić information content (AvgIpc) is 2.31. The summed E-state index contributed by atoms with van der Waals surface area (Å²) >= 11 is 0. The van der Waals surface area contributed by atoms with Gasteiger partial charge in [0.25, 0.3) is 0 Å². The lowest BCUT2D eigenvalue weighted by atomic mass is 9.64. The first-order chi connectivity index (χ1) is 7.76. The van der Waals surface area contributed by atoms with E-state index >= 15 is 0 Å². The fourth-order valence-electron chi connectivity index (χ4n) is 3.25. The molecule has 16 heavy (non-hydrogen) atoms. The molecule has 0 radical (unpaired) electrons. The Labute approximate surface area is 96.8 Å². The molecule has 1 aromatic carbocycles. The van der Waals surface area contributed by atoms with Crippen molar-refractivity contribution in [3.63, 3.8) is 0 Å². The van der Waals surface area contributed by atoms with Gasteiger partial charge in [0.15, 0.2) is 0 Å². The Bertz CT molecular complexity index is 395. The largest absolute Gasteiger partial charge is 0.389 e. The normalized spacial score (nSPS) is 36.6. The highest BCUT2D eigenvalue weighted by molar-refractivity contribution is 5.21. The highest BCUT2D eigenvalue weighted by atomic mass is 16.3. The van der Waals surface area contributed by atoms with Gasteiger partial charge in [0.1, 0.15) is 0 Å². The molecule has 2 bridgehead atoms. The van der Waals surface area contributed by atoms with E-state index in [1.54, 1.807) is 0 Å². The zero-order valence-electron chi connectivity index (χ0n) is 9.47. The molecule has 1 heteroatoms. The van der Waals surface area contributed by atoms with Crippen LogP contribution in [-0.4, -0.2) is 10.7 Å². The Morgan fingerprint density at radius 1 is 1.12 bits per heavy atom. The average molecular weight is 214 g/mol. The molecule has 1 N–H and O–H groups in total. The van der Waals surface area contributed by atoms with E-state index in [-0.39, 0.29) is 0 Å². The van der Waals surface area contributed by atoms with Crippen molar-refractivity contribution in [2.24, 2.45) is 11.8 Å². The standard InChI is InChI=1S/C15H18O/c16-15(10-12-4-2-1-3-5-12)11-13-6-8-14(15)9-7-13/h1-6,8,13-14,16H,7,9-11H2. The zero-order chi connectivity index (χ0) is 11.0. The number of hydrogen-bond acceptors (Lipinski definition) is 1.